The number of thiophene rings is 1. The average Bonchev–Trinajstić information content (AvgIpc) is 2.86. The van der Waals surface area contributed by atoms with E-state index in [0.29, 0.717) is 5.92 Å². The number of benzene rings is 1. The van der Waals surface area contributed by atoms with Crippen molar-refractivity contribution < 1.29 is 5.11 Å². The molecule has 1 aromatic heterocycles. The SMILES string of the molecule is OC(CC1CCCc2ccccc21)c1csc(Br)c1. The van der Waals surface area contributed by atoms with Crippen molar-refractivity contribution in [3.63, 3.8) is 0 Å². The normalized spacial score (nSPS) is 20.0. The number of aliphatic hydroxyl groups excluding tert-OH is 1. The molecule has 1 nitrogen and oxygen atoms in total. The zero-order valence-electron chi connectivity index (χ0n) is 10.7. The fourth-order valence-electron chi connectivity index (χ4n) is 3.00. The van der Waals surface area contributed by atoms with Gasteiger partial charge in [-0.15, -0.1) is 11.3 Å². The molecule has 1 N–H and O–H groups in total. The maximum absolute atomic E-state index is 10.4. The van der Waals surface area contributed by atoms with Crippen molar-refractivity contribution in [1.29, 1.82) is 0 Å². The summed E-state index contributed by atoms with van der Waals surface area (Å²) in [6.07, 6.45) is 4.10. The Morgan fingerprint density at radius 1 is 1.37 bits per heavy atom. The highest BCUT2D eigenvalue weighted by atomic mass is 79.9. The van der Waals surface area contributed by atoms with Crippen molar-refractivity contribution in [2.75, 3.05) is 0 Å². The highest BCUT2D eigenvalue weighted by Crippen LogP contribution is 2.38. The molecule has 0 spiro atoms. The van der Waals surface area contributed by atoms with Gasteiger partial charge in [0.2, 0.25) is 0 Å². The van der Waals surface area contributed by atoms with Gasteiger partial charge in [0.15, 0.2) is 0 Å². The fraction of sp³-hybridized carbons (Fsp3) is 0.375. The number of aryl methyl sites for hydroxylation is 1. The van der Waals surface area contributed by atoms with Crippen molar-refractivity contribution in [3.8, 4) is 0 Å². The van der Waals surface area contributed by atoms with E-state index in [1.54, 1.807) is 11.3 Å². The zero-order chi connectivity index (χ0) is 13.2. The van der Waals surface area contributed by atoms with Gasteiger partial charge in [-0.1, -0.05) is 24.3 Å². The molecule has 0 saturated heterocycles. The summed E-state index contributed by atoms with van der Waals surface area (Å²) in [4.78, 5) is 0. The molecule has 1 heterocycles. The zero-order valence-corrected chi connectivity index (χ0v) is 13.1. The lowest BCUT2D eigenvalue weighted by Crippen LogP contribution is -2.12. The van der Waals surface area contributed by atoms with E-state index in [0.717, 1.165) is 15.8 Å². The van der Waals surface area contributed by atoms with E-state index < -0.39 is 0 Å². The average molecular weight is 337 g/mol. The third-order valence-electron chi connectivity index (χ3n) is 3.97. The fourth-order valence-corrected chi connectivity index (χ4v) is 4.23. The second kappa shape index (κ2) is 5.78. The van der Waals surface area contributed by atoms with Gasteiger partial charge < -0.3 is 5.11 Å². The van der Waals surface area contributed by atoms with Gasteiger partial charge in [0.05, 0.1) is 9.89 Å². The number of rotatable bonds is 3. The molecule has 0 aliphatic heterocycles. The Labute approximate surface area is 126 Å². The van der Waals surface area contributed by atoms with E-state index in [1.165, 1.54) is 30.4 Å². The first-order valence-electron chi connectivity index (χ1n) is 6.74. The summed E-state index contributed by atoms with van der Waals surface area (Å²) in [6.45, 7) is 0. The second-order valence-corrected chi connectivity index (χ2v) is 7.51. The van der Waals surface area contributed by atoms with Crippen LogP contribution in [0.3, 0.4) is 0 Å². The molecule has 3 rings (SSSR count). The number of aliphatic hydroxyl groups is 1. The van der Waals surface area contributed by atoms with E-state index >= 15 is 0 Å². The molecule has 1 aliphatic carbocycles. The molecule has 0 bridgehead atoms. The summed E-state index contributed by atoms with van der Waals surface area (Å²) in [7, 11) is 0. The molecule has 2 aromatic rings. The van der Waals surface area contributed by atoms with E-state index in [2.05, 4.69) is 40.2 Å². The minimum Gasteiger partial charge on any atom is -0.388 e. The van der Waals surface area contributed by atoms with Crippen LogP contribution in [0.4, 0.5) is 0 Å². The molecule has 19 heavy (non-hydrogen) atoms. The Morgan fingerprint density at radius 3 is 3.00 bits per heavy atom. The van der Waals surface area contributed by atoms with Crippen LogP contribution in [-0.2, 0) is 6.42 Å². The lowest BCUT2D eigenvalue weighted by atomic mass is 9.79. The summed E-state index contributed by atoms with van der Waals surface area (Å²) >= 11 is 5.10. The molecular formula is C16H17BrOS. The molecule has 0 amide bonds. The topological polar surface area (TPSA) is 20.2 Å². The largest absolute Gasteiger partial charge is 0.388 e. The Morgan fingerprint density at radius 2 is 2.21 bits per heavy atom. The van der Waals surface area contributed by atoms with Gasteiger partial charge in [0.1, 0.15) is 0 Å². The standard InChI is InChI=1S/C16H17BrOS/c17-16-9-13(10-19-16)15(18)8-12-6-3-5-11-4-1-2-7-14(11)12/h1-2,4,7,9-10,12,15,18H,3,5-6,8H2. The molecule has 3 heteroatoms. The highest BCUT2D eigenvalue weighted by molar-refractivity contribution is 9.11. The Bertz CT molecular complexity index is 563. The molecular weight excluding hydrogens is 320 g/mol. The minimum absolute atomic E-state index is 0.348. The van der Waals surface area contributed by atoms with Crippen molar-refractivity contribution >= 4 is 27.3 Å². The Balaban J connectivity index is 1.77. The third kappa shape index (κ3) is 2.93. The van der Waals surface area contributed by atoms with E-state index in [-0.39, 0.29) is 6.10 Å². The van der Waals surface area contributed by atoms with Crippen LogP contribution in [0.2, 0.25) is 0 Å². The third-order valence-corrected chi connectivity index (χ3v) is 5.50. The first kappa shape index (κ1) is 13.3. The van der Waals surface area contributed by atoms with Crippen LogP contribution in [0, 0.1) is 0 Å². The predicted molar refractivity (Wildman–Crippen MR) is 83.7 cm³/mol. The molecule has 2 atom stereocenters. The van der Waals surface area contributed by atoms with Gasteiger partial charge in [0, 0.05) is 0 Å². The highest BCUT2D eigenvalue weighted by Gasteiger charge is 2.23. The number of halogens is 1. The van der Waals surface area contributed by atoms with Crippen LogP contribution < -0.4 is 0 Å². The van der Waals surface area contributed by atoms with Crippen LogP contribution in [0.15, 0.2) is 39.5 Å². The summed E-state index contributed by atoms with van der Waals surface area (Å²) < 4.78 is 1.09. The van der Waals surface area contributed by atoms with Gasteiger partial charge >= 0.3 is 0 Å². The summed E-state index contributed by atoms with van der Waals surface area (Å²) in [5.74, 6) is 0.499. The van der Waals surface area contributed by atoms with Crippen molar-refractivity contribution in [3.05, 3.63) is 56.2 Å². The minimum atomic E-state index is -0.348. The van der Waals surface area contributed by atoms with E-state index in [9.17, 15) is 5.11 Å². The van der Waals surface area contributed by atoms with Crippen LogP contribution in [0.1, 0.15) is 48.0 Å². The molecule has 2 unspecified atom stereocenters. The van der Waals surface area contributed by atoms with Gasteiger partial charge in [-0.2, -0.15) is 0 Å². The smallest absolute Gasteiger partial charge is 0.0804 e. The summed E-state index contributed by atoms with van der Waals surface area (Å²) in [5.41, 5.74) is 3.96. The van der Waals surface area contributed by atoms with Gasteiger partial charge in [0.25, 0.3) is 0 Å². The van der Waals surface area contributed by atoms with Crippen LogP contribution >= 0.6 is 27.3 Å². The predicted octanol–water partition coefficient (Wildman–Crippen LogP) is 5.05. The number of hydrogen-bond acceptors (Lipinski definition) is 2. The first-order valence-corrected chi connectivity index (χ1v) is 8.41. The van der Waals surface area contributed by atoms with Crippen molar-refractivity contribution in [1.82, 2.24) is 0 Å². The molecule has 1 aliphatic rings. The maximum atomic E-state index is 10.4. The van der Waals surface area contributed by atoms with Crippen molar-refractivity contribution in [2.45, 2.75) is 37.7 Å². The van der Waals surface area contributed by atoms with Gasteiger partial charge in [-0.25, -0.2) is 0 Å². The lowest BCUT2D eigenvalue weighted by molar-refractivity contribution is 0.154. The Kier molecular flexibility index (Phi) is 4.06. The van der Waals surface area contributed by atoms with Crippen molar-refractivity contribution in [2.24, 2.45) is 0 Å². The summed E-state index contributed by atoms with van der Waals surface area (Å²) in [6, 6.07) is 10.7. The van der Waals surface area contributed by atoms with E-state index in [4.69, 9.17) is 0 Å². The maximum Gasteiger partial charge on any atom is 0.0804 e. The van der Waals surface area contributed by atoms with Crippen LogP contribution in [-0.4, -0.2) is 5.11 Å². The quantitative estimate of drug-likeness (QED) is 0.830. The van der Waals surface area contributed by atoms with Crippen LogP contribution in [0.5, 0.6) is 0 Å². The summed E-state index contributed by atoms with van der Waals surface area (Å²) in [5, 5.41) is 12.4. The molecule has 100 valence electrons. The van der Waals surface area contributed by atoms with Crippen LogP contribution in [0.25, 0.3) is 0 Å². The lowest BCUT2D eigenvalue weighted by Gasteiger charge is -2.27. The molecule has 0 saturated carbocycles. The van der Waals surface area contributed by atoms with E-state index in [1.807, 2.05) is 11.4 Å². The Hall–Kier alpha value is -0.640. The second-order valence-electron chi connectivity index (χ2n) is 5.22. The molecule has 0 radical (unpaired) electrons. The number of hydrogen-bond donors (Lipinski definition) is 1. The molecule has 0 fully saturated rings. The van der Waals surface area contributed by atoms with Gasteiger partial charge in [-0.3, -0.25) is 0 Å². The monoisotopic (exact) mass is 336 g/mol. The first-order chi connectivity index (χ1) is 9.24. The molecule has 1 aromatic carbocycles. The van der Waals surface area contributed by atoms with Gasteiger partial charge in [-0.05, 0) is 75.7 Å². The number of fused-ring (bicyclic) bond motifs is 1.